The van der Waals surface area contributed by atoms with Crippen molar-refractivity contribution in [2.24, 2.45) is 0 Å². The molecule has 0 aliphatic carbocycles. The molecule has 8 heteroatoms. The van der Waals surface area contributed by atoms with Crippen molar-refractivity contribution in [3.05, 3.63) is 34.8 Å². The van der Waals surface area contributed by atoms with Gasteiger partial charge < -0.3 is 10.6 Å². The van der Waals surface area contributed by atoms with Crippen LogP contribution in [0.5, 0.6) is 0 Å². The minimum atomic E-state index is -0.209. The Bertz CT molecular complexity index is 815. The number of carbonyl (C=O) groups excluding carboxylic acids is 2. The van der Waals surface area contributed by atoms with Gasteiger partial charge in [0.1, 0.15) is 0 Å². The molecule has 4 rings (SSSR count). The zero-order chi connectivity index (χ0) is 17.2. The van der Waals surface area contributed by atoms with Crippen LogP contribution in [-0.4, -0.2) is 35.6 Å². The van der Waals surface area contributed by atoms with Crippen molar-refractivity contribution in [1.29, 1.82) is 0 Å². The minimum absolute atomic E-state index is 0.0402. The van der Waals surface area contributed by atoms with Gasteiger partial charge in [-0.25, -0.2) is 4.98 Å². The summed E-state index contributed by atoms with van der Waals surface area (Å²) in [4.78, 5) is 30.6. The van der Waals surface area contributed by atoms with Gasteiger partial charge in [-0.05, 0) is 50.0 Å². The van der Waals surface area contributed by atoms with E-state index in [9.17, 15) is 9.59 Å². The Morgan fingerprint density at radius 3 is 2.96 bits per heavy atom. The van der Waals surface area contributed by atoms with E-state index >= 15 is 0 Å². The van der Waals surface area contributed by atoms with Crippen LogP contribution in [0.1, 0.15) is 34.0 Å². The number of carbonyl (C=O) groups is 2. The minimum Gasteiger partial charge on any atom is -0.324 e. The van der Waals surface area contributed by atoms with Gasteiger partial charge in [-0.3, -0.25) is 14.9 Å². The predicted molar refractivity (Wildman–Crippen MR) is 101 cm³/mol. The second kappa shape index (κ2) is 7.15. The highest BCUT2D eigenvalue weighted by molar-refractivity contribution is 8.00. The molecule has 1 aromatic carbocycles. The van der Waals surface area contributed by atoms with Gasteiger partial charge in [0.25, 0.3) is 5.91 Å². The van der Waals surface area contributed by atoms with E-state index in [0.29, 0.717) is 28.1 Å². The van der Waals surface area contributed by atoms with E-state index in [4.69, 9.17) is 0 Å². The van der Waals surface area contributed by atoms with E-state index in [2.05, 4.69) is 20.9 Å². The van der Waals surface area contributed by atoms with Gasteiger partial charge in [-0.1, -0.05) is 0 Å². The second-order valence-electron chi connectivity index (χ2n) is 6.09. The van der Waals surface area contributed by atoms with E-state index in [0.717, 1.165) is 30.8 Å². The highest BCUT2D eigenvalue weighted by Crippen LogP contribution is 2.33. The molecule has 1 aromatic heterocycles. The van der Waals surface area contributed by atoms with Crippen molar-refractivity contribution >= 4 is 45.7 Å². The Kier molecular flexibility index (Phi) is 4.74. The Hall–Kier alpha value is -1.90. The van der Waals surface area contributed by atoms with Crippen LogP contribution in [0, 0.1) is 0 Å². The van der Waals surface area contributed by atoms with Crippen molar-refractivity contribution in [2.45, 2.75) is 23.7 Å². The summed E-state index contributed by atoms with van der Waals surface area (Å²) in [6.45, 7) is 2.06. The molecular weight excluding hydrogens is 356 g/mol. The number of thioether (sulfide) groups is 1. The number of piperidine rings is 1. The highest BCUT2D eigenvalue weighted by Gasteiger charge is 2.20. The summed E-state index contributed by atoms with van der Waals surface area (Å²) in [7, 11) is 0. The predicted octanol–water partition coefficient (Wildman–Crippen LogP) is 2.91. The smallest absolute Gasteiger partial charge is 0.257 e. The third-order valence-corrected chi connectivity index (χ3v) is 6.51. The maximum Gasteiger partial charge on any atom is 0.257 e. The molecule has 130 valence electrons. The summed E-state index contributed by atoms with van der Waals surface area (Å²) in [5.74, 6) is 0.692. The molecule has 2 aliphatic rings. The van der Waals surface area contributed by atoms with Crippen LogP contribution >= 0.6 is 23.1 Å². The number of amides is 2. The lowest BCUT2D eigenvalue weighted by Gasteiger charge is -2.20. The first-order valence-corrected chi connectivity index (χ1v) is 10.0. The van der Waals surface area contributed by atoms with E-state index < -0.39 is 0 Å². The molecule has 1 fully saturated rings. The molecule has 2 aromatic rings. The Labute approximate surface area is 153 Å². The van der Waals surface area contributed by atoms with Gasteiger partial charge in [0, 0.05) is 21.5 Å². The van der Waals surface area contributed by atoms with Gasteiger partial charge in [0.05, 0.1) is 11.4 Å². The standard InChI is InChI=1S/C17H18N4O2S2/c22-15-9-24-13-2-1-11(7-12(13)20-15)16(23)21-17-19-8-14(25-17)10-3-5-18-6-4-10/h1-2,7-8,10,18H,3-6,9H2,(H,20,22)(H,19,21,23). The average molecular weight is 374 g/mol. The summed E-state index contributed by atoms with van der Waals surface area (Å²) >= 11 is 3.03. The zero-order valence-corrected chi connectivity index (χ0v) is 15.1. The molecular formula is C17H18N4O2S2. The first kappa shape index (κ1) is 16.6. The number of nitrogens with zero attached hydrogens (tertiary/aromatic N) is 1. The number of benzene rings is 1. The SMILES string of the molecule is O=C1CSc2ccc(C(=O)Nc3ncc(C4CCNCC4)s3)cc2N1. The van der Waals surface area contributed by atoms with Crippen LogP contribution in [-0.2, 0) is 4.79 Å². The van der Waals surface area contributed by atoms with E-state index in [1.807, 2.05) is 12.3 Å². The van der Waals surface area contributed by atoms with Crippen molar-refractivity contribution in [2.75, 3.05) is 29.5 Å². The number of aromatic nitrogens is 1. The summed E-state index contributed by atoms with van der Waals surface area (Å²) in [5.41, 5.74) is 1.21. The number of anilines is 2. The lowest BCUT2D eigenvalue weighted by atomic mass is 9.97. The van der Waals surface area contributed by atoms with Crippen molar-refractivity contribution in [3.63, 3.8) is 0 Å². The Morgan fingerprint density at radius 1 is 1.28 bits per heavy atom. The molecule has 1 saturated heterocycles. The fraction of sp³-hybridized carbons (Fsp3) is 0.353. The summed E-state index contributed by atoms with van der Waals surface area (Å²) in [5, 5.41) is 9.65. The van der Waals surface area contributed by atoms with Crippen LogP contribution < -0.4 is 16.0 Å². The topological polar surface area (TPSA) is 83.1 Å². The van der Waals surface area contributed by atoms with E-state index in [1.54, 1.807) is 23.5 Å². The van der Waals surface area contributed by atoms with Gasteiger partial charge in [0.2, 0.25) is 5.91 Å². The number of rotatable bonds is 3. The number of hydrogen-bond donors (Lipinski definition) is 3. The van der Waals surface area contributed by atoms with Crippen molar-refractivity contribution < 1.29 is 9.59 Å². The summed E-state index contributed by atoms with van der Waals surface area (Å²) < 4.78 is 0. The Balaban J connectivity index is 1.46. The lowest BCUT2D eigenvalue weighted by Crippen LogP contribution is -2.26. The molecule has 0 atom stereocenters. The third-order valence-electron chi connectivity index (χ3n) is 4.36. The fourth-order valence-electron chi connectivity index (χ4n) is 3.03. The molecule has 2 amide bonds. The molecule has 25 heavy (non-hydrogen) atoms. The van der Waals surface area contributed by atoms with Crippen LogP contribution in [0.3, 0.4) is 0 Å². The summed E-state index contributed by atoms with van der Waals surface area (Å²) in [6, 6.07) is 5.37. The molecule has 0 saturated carbocycles. The third kappa shape index (κ3) is 3.70. The first-order chi connectivity index (χ1) is 12.2. The average Bonchev–Trinajstić information content (AvgIpc) is 3.10. The van der Waals surface area contributed by atoms with Crippen LogP contribution in [0.2, 0.25) is 0 Å². The second-order valence-corrected chi connectivity index (χ2v) is 8.17. The van der Waals surface area contributed by atoms with Gasteiger partial charge in [-0.15, -0.1) is 23.1 Å². The van der Waals surface area contributed by atoms with Gasteiger partial charge in [-0.2, -0.15) is 0 Å². The molecule has 0 unspecified atom stereocenters. The maximum absolute atomic E-state index is 12.5. The quantitative estimate of drug-likeness (QED) is 0.769. The molecule has 0 radical (unpaired) electrons. The number of hydrogen-bond acceptors (Lipinski definition) is 6. The van der Waals surface area contributed by atoms with Crippen molar-refractivity contribution in [1.82, 2.24) is 10.3 Å². The lowest BCUT2D eigenvalue weighted by molar-refractivity contribution is -0.113. The summed E-state index contributed by atoms with van der Waals surface area (Å²) in [6.07, 6.45) is 4.09. The van der Waals surface area contributed by atoms with Crippen molar-refractivity contribution in [3.8, 4) is 0 Å². The molecule has 3 heterocycles. The monoisotopic (exact) mass is 374 g/mol. The molecule has 3 N–H and O–H groups in total. The number of nitrogens with one attached hydrogen (secondary N) is 3. The maximum atomic E-state index is 12.5. The fourth-order valence-corrected chi connectivity index (χ4v) is 4.80. The molecule has 6 nitrogen and oxygen atoms in total. The highest BCUT2D eigenvalue weighted by atomic mass is 32.2. The van der Waals surface area contributed by atoms with E-state index in [1.165, 1.54) is 16.6 Å². The number of thiazole rings is 1. The molecule has 2 aliphatic heterocycles. The largest absolute Gasteiger partial charge is 0.324 e. The first-order valence-electron chi connectivity index (χ1n) is 8.23. The van der Waals surface area contributed by atoms with Crippen LogP contribution in [0.4, 0.5) is 10.8 Å². The van der Waals surface area contributed by atoms with Gasteiger partial charge in [0.15, 0.2) is 5.13 Å². The zero-order valence-electron chi connectivity index (χ0n) is 13.5. The van der Waals surface area contributed by atoms with E-state index in [-0.39, 0.29) is 11.8 Å². The van der Waals surface area contributed by atoms with Crippen LogP contribution in [0.25, 0.3) is 0 Å². The van der Waals surface area contributed by atoms with Crippen LogP contribution in [0.15, 0.2) is 29.3 Å². The molecule has 0 spiro atoms. The number of fused-ring (bicyclic) bond motifs is 1. The molecule has 0 bridgehead atoms. The van der Waals surface area contributed by atoms with Gasteiger partial charge >= 0.3 is 0 Å². The normalized spacial score (nSPS) is 17.7. The Morgan fingerprint density at radius 2 is 2.12 bits per heavy atom.